The number of hydrogen-bond acceptors (Lipinski definition) is 2. The molecule has 0 heterocycles. The van der Waals surface area contributed by atoms with Gasteiger partial charge in [-0.3, -0.25) is 9.59 Å². The first-order valence-electron chi connectivity index (χ1n) is 4.97. The first-order valence-corrected chi connectivity index (χ1v) is 4.97. The van der Waals surface area contributed by atoms with Gasteiger partial charge < -0.3 is 0 Å². The van der Waals surface area contributed by atoms with Crippen LogP contribution in [0.4, 0.5) is 0 Å². The summed E-state index contributed by atoms with van der Waals surface area (Å²) in [5.74, 6) is 0.0912. The SMILES string of the molecule is CC(C)=CC(=O)CC1CCC=CC1=O. The average molecular weight is 192 g/mol. The highest BCUT2D eigenvalue weighted by Gasteiger charge is 2.20. The van der Waals surface area contributed by atoms with Gasteiger partial charge >= 0.3 is 0 Å². The maximum absolute atomic E-state index is 11.4. The van der Waals surface area contributed by atoms with Gasteiger partial charge in [-0.25, -0.2) is 0 Å². The summed E-state index contributed by atoms with van der Waals surface area (Å²) >= 11 is 0. The molecule has 0 amide bonds. The van der Waals surface area contributed by atoms with Crippen LogP contribution in [0.5, 0.6) is 0 Å². The van der Waals surface area contributed by atoms with Crippen molar-refractivity contribution in [3.63, 3.8) is 0 Å². The van der Waals surface area contributed by atoms with E-state index in [2.05, 4.69) is 0 Å². The van der Waals surface area contributed by atoms with Crippen LogP contribution in [0.3, 0.4) is 0 Å². The second kappa shape index (κ2) is 4.89. The number of hydrogen-bond donors (Lipinski definition) is 0. The van der Waals surface area contributed by atoms with E-state index in [4.69, 9.17) is 0 Å². The summed E-state index contributed by atoms with van der Waals surface area (Å²) in [7, 11) is 0. The van der Waals surface area contributed by atoms with E-state index in [1.165, 1.54) is 0 Å². The Morgan fingerprint density at radius 3 is 2.86 bits per heavy atom. The Kier molecular flexibility index (Phi) is 3.81. The van der Waals surface area contributed by atoms with E-state index in [-0.39, 0.29) is 17.5 Å². The van der Waals surface area contributed by atoms with Crippen LogP contribution in [0, 0.1) is 5.92 Å². The van der Waals surface area contributed by atoms with E-state index in [1.54, 1.807) is 12.2 Å². The van der Waals surface area contributed by atoms with Crippen molar-refractivity contribution in [2.45, 2.75) is 33.1 Å². The van der Waals surface area contributed by atoms with E-state index >= 15 is 0 Å². The number of ketones is 2. The fourth-order valence-electron chi connectivity index (χ4n) is 1.60. The molecular weight excluding hydrogens is 176 g/mol. The van der Waals surface area contributed by atoms with Crippen LogP contribution >= 0.6 is 0 Å². The smallest absolute Gasteiger partial charge is 0.158 e. The molecule has 0 radical (unpaired) electrons. The van der Waals surface area contributed by atoms with Crippen LogP contribution in [0.25, 0.3) is 0 Å². The average Bonchev–Trinajstić information content (AvgIpc) is 2.07. The van der Waals surface area contributed by atoms with E-state index in [0.29, 0.717) is 6.42 Å². The summed E-state index contributed by atoms with van der Waals surface area (Å²) in [6.07, 6.45) is 7.20. The van der Waals surface area contributed by atoms with E-state index in [9.17, 15) is 9.59 Å². The molecule has 0 fully saturated rings. The number of allylic oxidation sites excluding steroid dienone is 4. The van der Waals surface area contributed by atoms with Crippen LogP contribution in [0.1, 0.15) is 33.1 Å². The fourth-order valence-corrected chi connectivity index (χ4v) is 1.60. The molecule has 2 heteroatoms. The topological polar surface area (TPSA) is 34.1 Å². The summed E-state index contributed by atoms with van der Waals surface area (Å²) in [6.45, 7) is 3.78. The molecule has 1 rings (SSSR count). The Balaban J connectivity index is 2.52. The van der Waals surface area contributed by atoms with Gasteiger partial charge in [0.25, 0.3) is 0 Å². The lowest BCUT2D eigenvalue weighted by atomic mass is 9.88. The lowest BCUT2D eigenvalue weighted by Gasteiger charge is -2.14. The summed E-state index contributed by atoms with van der Waals surface area (Å²) < 4.78 is 0. The first-order chi connectivity index (χ1) is 6.59. The second-order valence-electron chi connectivity index (χ2n) is 3.97. The molecule has 14 heavy (non-hydrogen) atoms. The van der Waals surface area contributed by atoms with Crippen molar-refractivity contribution in [1.82, 2.24) is 0 Å². The minimum Gasteiger partial charge on any atom is -0.295 e. The van der Waals surface area contributed by atoms with Crippen LogP contribution in [0.15, 0.2) is 23.8 Å². The largest absolute Gasteiger partial charge is 0.295 e. The third-order valence-electron chi connectivity index (χ3n) is 2.26. The summed E-state index contributed by atoms with van der Waals surface area (Å²) in [5, 5.41) is 0. The van der Waals surface area contributed by atoms with Crippen LogP contribution in [0.2, 0.25) is 0 Å². The van der Waals surface area contributed by atoms with E-state index in [1.807, 2.05) is 19.9 Å². The lowest BCUT2D eigenvalue weighted by molar-refractivity contribution is -0.123. The molecule has 0 aromatic heterocycles. The molecule has 0 aromatic carbocycles. The zero-order chi connectivity index (χ0) is 10.6. The maximum Gasteiger partial charge on any atom is 0.158 e. The summed E-state index contributed by atoms with van der Waals surface area (Å²) in [5.41, 5.74) is 0.994. The van der Waals surface area contributed by atoms with E-state index < -0.39 is 0 Å². The van der Waals surface area contributed by atoms with Gasteiger partial charge in [0.1, 0.15) is 0 Å². The first kappa shape index (κ1) is 10.9. The molecule has 0 N–H and O–H groups in total. The van der Waals surface area contributed by atoms with Crippen molar-refractivity contribution in [3.05, 3.63) is 23.8 Å². The third-order valence-corrected chi connectivity index (χ3v) is 2.26. The van der Waals surface area contributed by atoms with Gasteiger partial charge in [-0.2, -0.15) is 0 Å². The van der Waals surface area contributed by atoms with Crippen LogP contribution < -0.4 is 0 Å². The number of carbonyl (C=O) groups excluding carboxylic acids is 2. The van der Waals surface area contributed by atoms with Crippen molar-refractivity contribution >= 4 is 11.6 Å². The van der Waals surface area contributed by atoms with Crippen LogP contribution in [-0.4, -0.2) is 11.6 Å². The lowest BCUT2D eigenvalue weighted by Crippen LogP contribution is -2.18. The highest BCUT2D eigenvalue weighted by atomic mass is 16.1. The van der Waals surface area contributed by atoms with Crippen molar-refractivity contribution in [3.8, 4) is 0 Å². The van der Waals surface area contributed by atoms with Gasteiger partial charge in [-0.1, -0.05) is 11.6 Å². The molecule has 0 aromatic rings. The Labute approximate surface area is 84.7 Å². The molecule has 0 saturated heterocycles. The van der Waals surface area contributed by atoms with Crippen molar-refractivity contribution in [2.24, 2.45) is 5.92 Å². The minimum absolute atomic E-state index is 0.0682. The number of rotatable bonds is 3. The van der Waals surface area contributed by atoms with Crippen molar-refractivity contribution in [1.29, 1.82) is 0 Å². The van der Waals surface area contributed by atoms with Gasteiger partial charge in [0, 0.05) is 12.3 Å². The molecule has 0 aliphatic heterocycles. The predicted octanol–water partition coefficient (Wildman–Crippen LogP) is 2.45. The fraction of sp³-hybridized carbons (Fsp3) is 0.500. The van der Waals surface area contributed by atoms with Crippen molar-refractivity contribution < 1.29 is 9.59 Å². The Morgan fingerprint density at radius 2 is 2.29 bits per heavy atom. The second-order valence-corrected chi connectivity index (χ2v) is 3.97. The third kappa shape index (κ3) is 3.29. The summed E-state index contributed by atoms with van der Waals surface area (Å²) in [4.78, 5) is 22.8. The monoisotopic (exact) mass is 192 g/mol. The molecule has 0 saturated carbocycles. The van der Waals surface area contributed by atoms with Gasteiger partial charge in [-0.15, -0.1) is 0 Å². The van der Waals surface area contributed by atoms with Gasteiger partial charge in [-0.05, 0) is 38.8 Å². The molecule has 76 valence electrons. The Bertz CT molecular complexity index is 293. The molecule has 1 unspecified atom stereocenters. The van der Waals surface area contributed by atoms with E-state index in [0.717, 1.165) is 18.4 Å². The molecule has 1 aliphatic rings. The number of carbonyl (C=O) groups is 2. The zero-order valence-corrected chi connectivity index (χ0v) is 8.75. The zero-order valence-electron chi connectivity index (χ0n) is 8.75. The minimum atomic E-state index is -0.0805. The normalized spacial score (nSPS) is 20.7. The van der Waals surface area contributed by atoms with Crippen LogP contribution in [-0.2, 0) is 9.59 Å². The maximum atomic E-state index is 11.4. The van der Waals surface area contributed by atoms with Gasteiger partial charge in [0.05, 0.1) is 0 Å². The Morgan fingerprint density at radius 1 is 1.57 bits per heavy atom. The molecule has 1 atom stereocenters. The summed E-state index contributed by atoms with van der Waals surface area (Å²) in [6, 6.07) is 0. The highest BCUT2D eigenvalue weighted by Crippen LogP contribution is 2.19. The predicted molar refractivity (Wildman–Crippen MR) is 55.9 cm³/mol. The van der Waals surface area contributed by atoms with Gasteiger partial charge in [0.2, 0.25) is 0 Å². The standard InChI is InChI=1S/C12H16O2/c1-9(2)7-11(13)8-10-5-3-4-6-12(10)14/h4,6-7,10H,3,5,8H2,1-2H3. The molecule has 0 spiro atoms. The molecule has 0 bridgehead atoms. The molecule has 2 nitrogen and oxygen atoms in total. The molecule has 1 aliphatic carbocycles. The highest BCUT2D eigenvalue weighted by molar-refractivity contribution is 5.98. The molecular formula is C12H16O2. The van der Waals surface area contributed by atoms with Crippen molar-refractivity contribution in [2.75, 3.05) is 0 Å². The quantitative estimate of drug-likeness (QED) is 0.644. The Hall–Kier alpha value is -1.18. The van der Waals surface area contributed by atoms with Gasteiger partial charge in [0.15, 0.2) is 11.6 Å².